The highest BCUT2D eigenvalue weighted by molar-refractivity contribution is 6.34. The van der Waals surface area contributed by atoms with Crippen LogP contribution >= 0.6 is 23.2 Å². The molecule has 1 atom stereocenters. The lowest BCUT2D eigenvalue weighted by molar-refractivity contribution is -0.275. The van der Waals surface area contributed by atoms with Gasteiger partial charge in [-0.25, -0.2) is 0 Å². The van der Waals surface area contributed by atoms with Crippen LogP contribution in [0.5, 0.6) is 0 Å². The predicted octanol–water partition coefficient (Wildman–Crippen LogP) is 4.93. The first-order valence-electron chi connectivity index (χ1n) is 8.31. The summed E-state index contributed by atoms with van der Waals surface area (Å²) in [6, 6.07) is 9.86. The first-order valence-corrected chi connectivity index (χ1v) is 9.06. The zero-order valence-corrected chi connectivity index (χ0v) is 16.0. The number of oxime groups is 1. The van der Waals surface area contributed by atoms with Crippen LogP contribution in [0.2, 0.25) is 10.0 Å². The number of fused-ring (bicyclic) bond motifs is 1. The molecule has 1 amide bonds. The summed E-state index contributed by atoms with van der Waals surface area (Å²) in [6.45, 7) is 0. The number of hydrogen-bond donors (Lipinski definition) is 1. The molecule has 1 aliphatic rings. The van der Waals surface area contributed by atoms with Crippen molar-refractivity contribution in [3.63, 3.8) is 0 Å². The quantitative estimate of drug-likeness (QED) is 0.625. The van der Waals surface area contributed by atoms with Crippen LogP contribution < -0.4 is 5.73 Å². The number of primary amides is 1. The van der Waals surface area contributed by atoms with E-state index in [2.05, 4.69) is 5.16 Å². The van der Waals surface area contributed by atoms with Crippen LogP contribution in [-0.2, 0) is 10.4 Å². The minimum absolute atomic E-state index is 0.0490. The number of nitrogens with zero attached hydrogens (tertiary/aromatic N) is 2. The van der Waals surface area contributed by atoms with Gasteiger partial charge in [-0.15, -0.1) is 0 Å². The van der Waals surface area contributed by atoms with E-state index in [9.17, 15) is 18.0 Å². The maximum atomic E-state index is 14.1. The molecule has 0 fully saturated rings. The molecule has 0 aliphatic carbocycles. The average molecular weight is 442 g/mol. The third-order valence-electron chi connectivity index (χ3n) is 4.77. The van der Waals surface area contributed by atoms with E-state index in [-0.39, 0.29) is 27.0 Å². The Bertz CT molecular complexity index is 1150. The van der Waals surface area contributed by atoms with E-state index in [4.69, 9.17) is 33.8 Å². The van der Waals surface area contributed by atoms with Gasteiger partial charge < -0.3 is 15.0 Å². The second-order valence-electron chi connectivity index (χ2n) is 6.55. The number of hydrogen-bond acceptors (Lipinski definition) is 3. The Balaban J connectivity index is 1.82. The lowest BCUT2D eigenvalue weighted by Gasteiger charge is -2.29. The fourth-order valence-corrected chi connectivity index (χ4v) is 3.94. The van der Waals surface area contributed by atoms with Crippen molar-refractivity contribution in [3.05, 3.63) is 75.5 Å². The zero-order valence-electron chi connectivity index (χ0n) is 14.5. The van der Waals surface area contributed by atoms with Gasteiger partial charge in [0.25, 0.3) is 11.5 Å². The number of alkyl halides is 3. The van der Waals surface area contributed by atoms with Crippen molar-refractivity contribution < 1.29 is 22.8 Å². The summed E-state index contributed by atoms with van der Waals surface area (Å²) < 4.78 is 43.9. The molecule has 4 rings (SSSR count). The number of aromatic nitrogens is 1. The van der Waals surface area contributed by atoms with Gasteiger partial charge in [0.15, 0.2) is 0 Å². The number of rotatable bonds is 3. The molecule has 3 aromatic rings. The Kier molecular flexibility index (Phi) is 4.51. The van der Waals surface area contributed by atoms with Gasteiger partial charge in [0.2, 0.25) is 0 Å². The topological polar surface area (TPSA) is 69.1 Å². The smallest absolute Gasteiger partial charge is 0.374 e. The molecule has 0 spiro atoms. The summed E-state index contributed by atoms with van der Waals surface area (Å²) >= 11 is 11.8. The van der Waals surface area contributed by atoms with Gasteiger partial charge in [0, 0.05) is 27.4 Å². The van der Waals surface area contributed by atoms with Gasteiger partial charge in [-0.05, 0) is 42.5 Å². The monoisotopic (exact) mass is 441 g/mol. The van der Waals surface area contributed by atoms with E-state index in [1.54, 1.807) is 18.3 Å². The first-order chi connectivity index (χ1) is 13.6. The number of amides is 1. The van der Waals surface area contributed by atoms with Crippen LogP contribution in [0.3, 0.4) is 0 Å². The Labute approximate surface area is 172 Å². The van der Waals surface area contributed by atoms with Crippen LogP contribution in [0.15, 0.2) is 53.8 Å². The third-order valence-corrected chi connectivity index (χ3v) is 5.21. The molecule has 5 nitrogen and oxygen atoms in total. The van der Waals surface area contributed by atoms with Crippen molar-refractivity contribution in [2.75, 3.05) is 0 Å². The Morgan fingerprint density at radius 1 is 1.17 bits per heavy atom. The molecule has 10 heteroatoms. The second-order valence-corrected chi connectivity index (χ2v) is 7.42. The van der Waals surface area contributed by atoms with Gasteiger partial charge in [0.1, 0.15) is 5.69 Å². The fourth-order valence-electron chi connectivity index (χ4n) is 3.42. The van der Waals surface area contributed by atoms with Gasteiger partial charge in [-0.1, -0.05) is 28.4 Å². The summed E-state index contributed by atoms with van der Waals surface area (Å²) in [4.78, 5) is 16.6. The third kappa shape index (κ3) is 3.12. The number of carbonyl (C=O) groups is 1. The van der Waals surface area contributed by atoms with Crippen LogP contribution in [0, 0.1) is 0 Å². The normalized spacial score (nSPS) is 19.3. The predicted molar refractivity (Wildman–Crippen MR) is 102 cm³/mol. The summed E-state index contributed by atoms with van der Waals surface area (Å²) in [6.07, 6.45) is -3.80. The highest BCUT2D eigenvalue weighted by Gasteiger charge is 2.62. The molecule has 2 N–H and O–H groups in total. The molecule has 1 unspecified atom stereocenters. The maximum absolute atomic E-state index is 14.1. The standard InChI is InChI=1S/C19H12Cl2F3N3O2/c20-11-6-10(7-12(21)8-11)18(19(22,23)24)9-14(26-29-18)13-3-4-16(17(25)28)27-5-1-2-15(13)27/h1-8H,9H2,(H2,25,28). The van der Waals surface area contributed by atoms with Crippen molar-refractivity contribution in [1.29, 1.82) is 0 Å². The van der Waals surface area contributed by atoms with E-state index >= 15 is 0 Å². The van der Waals surface area contributed by atoms with Crippen molar-refractivity contribution >= 4 is 40.3 Å². The van der Waals surface area contributed by atoms with Crippen LogP contribution in [-0.4, -0.2) is 22.2 Å². The Morgan fingerprint density at radius 2 is 1.86 bits per heavy atom. The van der Waals surface area contributed by atoms with Crippen LogP contribution in [0.1, 0.15) is 28.0 Å². The lowest BCUT2D eigenvalue weighted by atomic mass is 9.86. The molecule has 29 heavy (non-hydrogen) atoms. The number of nitrogens with two attached hydrogens (primary N) is 1. The molecule has 0 bridgehead atoms. The van der Waals surface area contributed by atoms with Crippen LogP contribution in [0.4, 0.5) is 13.2 Å². The SMILES string of the molecule is NC(=O)c1ccc(C2=NOC(c3cc(Cl)cc(Cl)c3)(C(F)(F)F)C2)c2cccn12. The number of pyridine rings is 1. The molecule has 0 saturated carbocycles. The lowest BCUT2D eigenvalue weighted by Crippen LogP contribution is -2.42. The molecule has 1 aliphatic heterocycles. The second kappa shape index (κ2) is 6.67. The molecular formula is C19H12Cl2F3N3O2. The Hall–Kier alpha value is -2.71. The maximum Gasteiger partial charge on any atom is 0.435 e. The minimum Gasteiger partial charge on any atom is -0.374 e. The van der Waals surface area contributed by atoms with Gasteiger partial charge in [0.05, 0.1) is 17.6 Å². The van der Waals surface area contributed by atoms with Crippen molar-refractivity contribution in [2.24, 2.45) is 10.9 Å². The Morgan fingerprint density at radius 3 is 2.48 bits per heavy atom. The molecular weight excluding hydrogens is 430 g/mol. The number of carbonyl (C=O) groups excluding carboxylic acids is 1. The molecule has 1 aromatic carbocycles. The highest BCUT2D eigenvalue weighted by Crippen LogP contribution is 2.50. The zero-order chi connectivity index (χ0) is 21.0. The minimum atomic E-state index is -4.79. The fraction of sp³-hybridized carbons (Fsp3) is 0.158. The molecule has 150 valence electrons. The van der Waals surface area contributed by atoms with Crippen molar-refractivity contribution in [1.82, 2.24) is 4.40 Å². The highest BCUT2D eigenvalue weighted by atomic mass is 35.5. The number of halogens is 5. The van der Waals surface area contributed by atoms with E-state index in [0.717, 1.165) is 12.1 Å². The molecule has 2 aromatic heterocycles. The van der Waals surface area contributed by atoms with E-state index < -0.39 is 24.1 Å². The molecule has 0 radical (unpaired) electrons. The van der Waals surface area contributed by atoms with Gasteiger partial charge in [-0.2, -0.15) is 13.2 Å². The number of benzene rings is 1. The average Bonchev–Trinajstić information content (AvgIpc) is 3.27. The van der Waals surface area contributed by atoms with E-state index in [1.807, 2.05) is 0 Å². The summed E-state index contributed by atoms with van der Waals surface area (Å²) in [5, 5.41) is 3.85. The van der Waals surface area contributed by atoms with Crippen molar-refractivity contribution in [3.8, 4) is 0 Å². The molecule has 3 heterocycles. The van der Waals surface area contributed by atoms with E-state index in [1.165, 1.54) is 22.6 Å². The van der Waals surface area contributed by atoms with Gasteiger partial charge in [-0.3, -0.25) is 4.79 Å². The summed E-state index contributed by atoms with van der Waals surface area (Å²) in [5.41, 5.74) is 3.50. The summed E-state index contributed by atoms with van der Waals surface area (Å²) in [7, 11) is 0. The largest absolute Gasteiger partial charge is 0.435 e. The van der Waals surface area contributed by atoms with Crippen molar-refractivity contribution in [2.45, 2.75) is 18.2 Å². The molecule has 0 saturated heterocycles. The van der Waals surface area contributed by atoms with Crippen LogP contribution in [0.25, 0.3) is 5.52 Å². The summed E-state index contributed by atoms with van der Waals surface area (Å²) in [5.74, 6) is -0.666. The first kappa shape index (κ1) is 19.6. The van der Waals surface area contributed by atoms with E-state index in [0.29, 0.717) is 11.1 Å². The van der Waals surface area contributed by atoms with Gasteiger partial charge >= 0.3 is 6.18 Å².